The van der Waals surface area contributed by atoms with Crippen molar-refractivity contribution in [1.82, 2.24) is 10.1 Å². The van der Waals surface area contributed by atoms with Crippen molar-refractivity contribution in [1.29, 1.82) is 0 Å². The predicted octanol–water partition coefficient (Wildman–Crippen LogP) is 5.06. The van der Waals surface area contributed by atoms with Crippen LogP contribution < -0.4 is 14.4 Å². The second kappa shape index (κ2) is 10.0. The molecule has 34 heavy (non-hydrogen) atoms. The molecule has 5 rings (SSSR count). The van der Waals surface area contributed by atoms with Gasteiger partial charge in [-0.2, -0.15) is 11.8 Å². The number of carbonyl (C=O) groups excluding carboxylic acids is 1. The zero-order valence-electron chi connectivity index (χ0n) is 19.5. The lowest BCUT2D eigenvalue weighted by atomic mass is 10.0. The van der Waals surface area contributed by atoms with Crippen LogP contribution in [-0.2, 0) is 6.54 Å². The minimum atomic E-state index is -0.0481. The summed E-state index contributed by atoms with van der Waals surface area (Å²) in [6.45, 7) is 6.58. The molecule has 0 radical (unpaired) electrons. The SMILES string of the molecule is CCC(C)N(Cc1c(-c2ccccc2)noc1N1CCSCC1)C(=O)c1ccc2c(c1)OCO2. The molecule has 1 aromatic heterocycles. The van der Waals surface area contributed by atoms with E-state index in [-0.39, 0.29) is 18.7 Å². The molecule has 2 aromatic carbocycles. The molecular weight excluding hydrogens is 450 g/mol. The van der Waals surface area contributed by atoms with E-state index in [9.17, 15) is 4.79 Å². The Balaban J connectivity index is 1.52. The van der Waals surface area contributed by atoms with E-state index >= 15 is 0 Å². The first-order valence-corrected chi connectivity index (χ1v) is 12.9. The van der Waals surface area contributed by atoms with Gasteiger partial charge in [-0.3, -0.25) is 4.79 Å². The van der Waals surface area contributed by atoms with Crippen molar-refractivity contribution >= 4 is 23.6 Å². The summed E-state index contributed by atoms with van der Waals surface area (Å²) >= 11 is 1.95. The molecule has 1 amide bonds. The fraction of sp³-hybridized carbons (Fsp3) is 0.385. The van der Waals surface area contributed by atoms with Crippen LogP contribution in [0.4, 0.5) is 5.88 Å². The highest BCUT2D eigenvalue weighted by Gasteiger charge is 2.30. The Morgan fingerprint density at radius 1 is 1.12 bits per heavy atom. The van der Waals surface area contributed by atoms with Crippen LogP contribution in [0.15, 0.2) is 53.1 Å². The van der Waals surface area contributed by atoms with Gasteiger partial charge < -0.3 is 23.8 Å². The number of fused-ring (bicyclic) bond motifs is 1. The van der Waals surface area contributed by atoms with Gasteiger partial charge in [0.15, 0.2) is 11.5 Å². The Morgan fingerprint density at radius 2 is 1.88 bits per heavy atom. The number of hydrogen-bond donors (Lipinski definition) is 0. The Labute approximate surface area is 204 Å². The summed E-state index contributed by atoms with van der Waals surface area (Å²) in [6.07, 6.45) is 0.831. The summed E-state index contributed by atoms with van der Waals surface area (Å²) in [6, 6.07) is 15.4. The molecule has 0 bridgehead atoms. The molecule has 2 aliphatic heterocycles. The number of carbonyl (C=O) groups is 1. The first-order chi connectivity index (χ1) is 16.7. The molecule has 8 heteroatoms. The highest BCUT2D eigenvalue weighted by Crippen LogP contribution is 2.36. The Morgan fingerprint density at radius 3 is 2.65 bits per heavy atom. The topological polar surface area (TPSA) is 68.0 Å². The number of anilines is 1. The first kappa shape index (κ1) is 22.7. The van der Waals surface area contributed by atoms with Crippen LogP contribution in [0.5, 0.6) is 11.5 Å². The molecule has 1 unspecified atom stereocenters. The molecule has 3 heterocycles. The second-order valence-electron chi connectivity index (χ2n) is 8.54. The van der Waals surface area contributed by atoms with E-state index in [0.717, 1.165) is 53.7 Å². The molecular formula is C26H29N3O4S. The van der Waals surface area contributed by atoms with Crippen molar-refractivity contribution < 1.29 is 18.8 Å². The fourth-order valence-electron chi connectivity index (χ4n) is 4.29. The molecule has 1 saturated heterocycles. The van der Waals surface area contributed by atoms with Crippen molar-refractivity contribution in [2.75, 3.05) is 36.3 Å². The minimum absolute atomic E-state index is 0.0289. The van der Waals surface area contributed by atoms with E-state index in [1.54, 1.807) is 18.2 Å². The summed E-state index contributed by atoms with van der Waals surface area (Å²) in [5.74, 6) is 4.09. The van der Waals surface area contributed by atoms with E-state index in [1.807, 2.05) is 47.0 Å². The maximum atomic E-state index is 13.8. The highest BCUT2D eigenvalue weighted by molar-refractivity contribution is 7.99. The van der Waals surface area contributed by atoms with Crippen molar-refractivity contribution in [3.63, 3.8) is 0 Å². The molecule has 0 saturated carbocycles. The van der Waals surface area contributed by atoms with Crippen LogP contribution in [0.3, 0.4) is 0 Å². The van der Waals surface area contributed by atoms with Gasteiger partial charge in [0.2, 0.25) is 12.7 Å². The first-order valence-electron chi connectivity index (χ1n) is 11.7. The van der Waals surface area contributed by atoms with Gasteiger partial charge in [0.1, 0.15) is 5.69 Å². The Bertz CT molecular complexity index is 1140. The third kappa shape index (κ3) is 4.46. The molecule has 0 spiro atoms. The van der Waals surface area contributed by atoms with Gasteiger partial charge in [-0.1, -0.05) is 42.4 Å². The fourth-order valence-corrected chi connectivity index (χ4v) is 5.20. The molecule has 178 valence electrons. The van der Waals surface area contributed by atoms with Crippen LogP contribution >= 0.6 is 11.8 Å². The monoisotopic (exact) mass is 479 g/mol. The van der Waals surface area contributed by atoms with Crippen LogP contribution in [0.25, 0.3) is 11.3 Å². The Hall–Kier alpha value is -3.13. The molecule has 2 aliphatic rings. The van der Waals surface area contributed by atoms with Gasteiger partial charge in [0.25, 0.3) is 5.91 Å². The lowest BCUT2D eigenvalue weighted by molar-refractivity contribution is 0.0671. The highest BCUT2D eigenvalue weighted by atomic mass is 32.2. The van der Waals surface area contributed by atoms with E-state index in [1.165, 1.54) is 0 Å². The van der Waals surface area contributed by atoms with Crippen LogP contribution in [-0.4, -0.2) is 53.4 Å². The summed E-state index contributed by atoms with van der Waals surface area (Å²) in [5.41, 5.74) is 3.31. The standard InChI is InChI=1S/C26H29N3O4S/c1-3-18(2)29(25(30)20-9-10-22-23(15-20)32-17-31-22)16-21-24(19-7-5-4-6-8-19)27-33-26(21)28-11-13-34-14-12-28/h4-10,15,18H,3,11-14,16-17H2,1-2H3. The summed E-state index contributed by atoms with van der Waals surface area (Å²) in [4.78, 5) is 17.9. The number of nitrogens with zero attached hydrogens (tertiary/aromatic N) is 3. The maximum absolute atomic E-state index is 13.8. The number of ether oxygens (including phenoxy) is 2. The van der Waals surface area contributed by atoms with Crippen molar-refractivity contribution in [2.24, 2.45) is 0 Å². The van der Waals surface area contributed by atoms with Gasteiger partial charge in [-0.25, -0.2) is 0 Å². The summed E-state index contributed by atoms with van der Waals surface area (Å²) in [5, 5.41) is 4.48. The molecule has 0 aliphatic carbocycles. The van der Waals surface area contributed by atoms with Crippen LogP contribution in [0.2, 0.25) is 0 Å². The smallest absolute Gasteiger partial charge is 0.254 e. The third-order valence-electron chi connectivity index (χ3n) is 6.44. The quantitative estimate of drug-likeness (QED) is 0.469. The lowest BCUT2D eigenvalue weighted by Gasteiger charge is -2.31. The molecule has 7 nitrogen and oxygen atoms in total. The third-order valence-corrected chi connectivity index (χ3v) is 7.39. The number of benzene rings is 2. The van der Waals surface area contributed by atoms with E-state index in [0.29, 0.717) is 23.6 Å². The normalized spacial score (nSPS) is 15.9. The molecule has 1 fully saturated rings. The molecule has 0 N–H and O–H groups in total. The predicted molar refractivity (Wildman–Crippen MR) is 134 cm³/mol. The van der Waals surface area contributed by atoms with Gasteiger partial charge in [-0.05, 0) is 31.5 Å². The average molecular weight is 480 g/mol. The maximum Gasteiger partial charge on any atom is 0.254 e. The Kier molecular flexibility index (Phi) is 6.67. The number of rotatable bonds is 7. The van der Waals surface area contributed by atoms with Crippen LogP contribution in [0.1, 0.15) is 36.2 Å². The number of thioether (sulfide) groups is 1. The summed E-state index contributed by atoms with van der Waals surface area (Å²) < 4.78 is 16.9. The van der Waals surface area contributed by atoms with Gasteiger partial charge in [-0.15, -0.1) is 0 Å². The van der Waals surface area contributed by atoms with Crippen LogP contribution in [0, 0.1) is 0 Å². The van der Waals surface area contributed by atoms with Gasteiger partial charge in [0, 0.05) is 41.8 Å². The molecule has 1 atom stereocenters. The van der Waals surface area contributed by atoms with Gasteiger partial charge >= 0.3 is 0 Å². The number of hydrogen-bond acceptors (Lipinski definition) is 7. The lowest BCUT2D eigenvalue weighted by Crippen LogP contribution is -2.39. The summed E-state index contributed by atoms with van der Waals surface area (Å²) in [7, 11) is 0. The molecule has 3 aromatic rings. The van der Waals surface area contributed by atoms with E-state index < -0.39 is 0 Å². The van der Waals surface area contributed by atoms with E-state index in [2.05, 4.69) is 23.9 Å². The van der Waals surface area contributed by atoms with E-state index in [4.69, 9.17) is 14.0 Å². The van der Waals surface area contributed by atoms with Gasteiger partial charge in [0.05, 0.1) is 12.1 Å². The zero-order chi connectivity index (χ0) is 23.5. The largest absolute Gasteiger partial charge is 0.454 e. The second-order valence-corrected chi connectivity index (χ2v) is 9.76. The minimum Gasteiger partial charge on any atom is -0.454 e. The van der Waals surface area contributed by atoms with Crippen molar-refractivity contribution in [2.45, 2.75) is 32.9 Å². The van der Waals surface area contributed by atoms with Crippen molar-refractivity contribution in [3.05, 3.63) is 59.7 Å². The van der Waals surface area contributed by atoms with Crippen molar-refractivity contribution in [3.8, 4) is 22.8 Å². The zero-order valence-corrected chi connectivity index (χ0v) is 20.3. The number of aromatic nitrogens is 1. The number of amides is 1. The average Bonchev–Trinajstić information content (AvgIpc) is 3.54.